The lowest BCUT2D eigenvalue weighted by Gasteiger charge is -2.25. The molecule has 0 saturated heterocycles. The van der Waals surface area contributed by atoms with Crippen LogP contribution in [0, 0.1) is 11.8 Å². The van der Waals surface area contributed by atoms with Crippen LogP contribution >= 0.6 is 11.3 Å². The smallest absolute Gasteiger partial charge is 0.254 e. The summed E-state index contributed by atoms with van der Waals surface area (Å²) in [5.74, 6) is 1.33. The second-order valence-electron chi connectivity index (χ2n) is 10.1. The van der Waals surface area contributed by atoms with E-state index in [1.54, 1.807) is 24.7 Å². The molecule has 0 aromatic carbocycles. The summed E-state index contributed by atoms with van der Waals surface area (Å²) in [5.41, 5.74) is 3.66. The topological polar surface area (TPSA) is 113 Å². The number of allylic oxidation sites excluding steroid dienone is 2. The summed E-state index contributed by atoms with van der Waals surface area (Å²) in [4.78, 5) is 31.4. The van der Waals surface area contributed by atoms with Crippen LogP contribution in [-0.2, 0) is 17.6 Å². The van der Waals surface area contributed by atoms with Crippen molar-refractivity contribution < 1.29 is 9.59 Å². The average molecular weight is 510 g/mol. The summed E-state index contributed by atoms with van der Waals surface area (Å²) in [5, 5.41) is 18.8. The minimum absolute atomic E-state index is 0.0380. The van der Waals surface area contributed by atoms with E-state index in [-0.39, 0.29) is 23.8 Å². The van der Waals surface area contributed by atoms with Gasteiger partial charge in [-0.1, -0.05) is 6.92 Å². The number of aliphatic imine (C=N–C) groups is 1. The lowest BCUT2D eigenvalue weighted by molar-refractivity contribution is -0.117. The highest BCUT2D eigenvalue weighted by Crippen LogP contribution is 2.42. The van der Waals surface area contributed by atoms with Gasteiger partial charge in [0, 0.05) is 41.8 Å². The lowest BCUT2D eigenvalue weighted by atomic mass is 9.91. The van der Waals surface area contributed by atoms with Crippen molar-refractivity contribution in [3.05, 3.63) is 34.1 Å². The Hall–Kier alpha value is -3.01. The Kier molecular flexibility index (Phi) is 7.22. The van der Waals surface area contributed by atoms with Crippen LogP contribution < -0.4 is 16.0 Å². The van der Waals surface area contributed by atoms with Gasteiger partial charge < -0.3 is 16.0 Å². The molecule has 2 fully saturated rings. The number of carbonyl (C=O) groups is 2. The number of hydrogen-bond acceptors (Lipinski definition) is 7. The van der Waals surface area contributed by atoms with E-state index in [0.717, 1.165) is 49.1 Å². The number of nitrogens with zero attached hydrogens (tertiary/aromatic N) is 4. The molecule has 3 aliphatic carbocycles. The summed E-state index contributed by atoms with van der Waals surface area (Å²) in [6.07, 6.45) is 11.3. The van der Waals surface area contributed by atoms with Gasteiger partial charge in [0.2, 0.25) is 11.9 Å². The van der Waals surface area contributed by atoms with Crippen LogP contribution in [0.1, 0.15) is 79.2 Å². The van der Waals surface area contributed by atoms with Gasteiger partial charge in [-0.15, -0.1) is 21.5 Å². The largest absolute Gasteiger partial charge is 0.352 e. The Morgan fingerprint density at radius 3 is 2.72 bits per heavy atom. The second-order valence-corrected chi connectivity index (χ2v) is 11.2. The zero-order valence-corrected chi connectivity index (χ0v) is 22.1. The van der Waals surface area contributed by atoms with Gasteiger partial charge in [0.15, 0.2) is 0 Å². The molecule has 9 nitrogen and oxygen atoms in total. The number of hydrogen-bond donors (Lipinski definition) is 3. The minimum atomic E-state index is -0.0713. The predicted octanol–water partition coefficient (Wildman–Crippen LogP) is 4.35. The van der Waals surface area contributed by atoms with Crippen LogP contribution in [0.3, 0.4) is 0 Å². The number of aromatic nitrogens is 3. The van der Waals surface area contributed by atoms with Crippen LogP contribution in [0.25, 0.3) is 0 Å². The van der Waals surface area contributed by atoms with E-state index >= 15 is 0 Å². The van der Waals surface area contributed by atoms with Crippen molar-refractivity contribution in [3.8, 4) is 0 Å². The lowest BCUT2D eigenvalue weighted by Crippen LogP contribution is -2.28. The Morgan fingerprint density at radius 2 is 2.03 bits per heavy atom. The fourth-order valence-electron chi connectivity index (χ4n) is 4.72. The zero-order valence-electron chi connectivity index (χ0n) is 21.3. The Labute approximate surface area is 215 Å². The summed E-state index contributed by atoms with van der Waals surface area (Å²) in [6.45, 7) is 4.78. The Balaban J connectivity index is 1.38. The van der Waals surface area contributed by atoms with Crippen molar-refractivity contribution >= 4 is 39.8 Å². The molecule has 2 aromatic rings. The van der Waals surface area contributed by atoms with Crippen molar-refractivity contribution in [2.75, 3.05) is 24.2 Å². The Morgan fingerprint density at radius 1 is 1.22 bits per heavy atom. The first-order valence-electron chi connectivity index (χ1n) is 13.0. The molecule has 0 aliphatic heterocycles. The van der Waals surface area contributed by atoms with E-state index in [1.807, 2.05) is 13.0 Å². The van der Waals surface area contributed by atoms with Gasteiger partial charge in [-0.3, -0.25) is 19.1 Å². The molecule has 1 atom stereocenters. The van der Waals surface area contributed by atoms with E-state index in [4.69, 9.17) is 0 Å². The first-order valence-corrected chi connectivity index (χ1v) is 13.8. The maximum absolute atomic E-state index is 13.3. The van der Waals surface area contributed by atoms with Gasteiger partial charge >= 0.3 is 0 Å². The maximum atomic E-state index is 13.3. The molecule has 36 heavy (non-hydrogen) atoms. The number of rotatable bonds is 10. The molecule has 192 valence electrons. The van der Waals surface area contributed by atoms with E-state index in [9.17, 15) is 9.59 Å². The Bertz CT molecular complexity index is 1200. The molecule has 2 heterocycles. The van der Waals surface area contributed by atoms with Crippen LogP contribution in [0.4, 0.5) is 10.9 Å². The number of aryl methyl sites for hydroxylation is 1. The van der Waals surface area contributed by atoms with Gasteiger partial charge in [0.05, 0.1) is 5.56 Å². The number of amides is 2. The fourth-order valence-corrected chi connectivity index (χ4v) is 5.97. The molecular weight excluding hydrogens is 474 g/mol. The van der Waals surface area contributed by atoms with Gasteiger partial charge in [0.25, 0.3) is 5.91 Å². The SMILES string of the molecule is CCC(/C=C(\C)Nc1nncn1[C@H]1CCc2sc(NC(=O)C3CC3)c(C(=O)NCC3CC3)c2C1)=N/C. The molecule has 2 saturated carbocycles. The molecule has 3 N–H and O–H groups in total. The van der Waals surface area contributed by atoms with Gasteiger partial charge in [-0.05, 0) is 75.8 Å². The van der Waals surface area contributed by atoms with Crippen molar-refractivity contribution in [1.29, 1.82) is 0 Å². The van der Waals surface area contributed by atoms with Crippen LogP contribution in [0.5, 0.6) is 0 Å². The normalized spacial score (nSPS) is 20.1. The number of fused-ring (bicyclic) bond motifs is 1. The third-order valence-corrected chi connectivity index (χ3v) is 8.41. The molecule has 0 unspecified atom stereocenters. The molecule has 3 aliphatic rings. The summed E-state index contributed by atoms with van der Waals surface area (Å²) in [7, 11) is 1.80. The monoisotopic (exact) mass is 509 g/mol. The molecular formula is C26H35N7O2S. The number of thiophene rings is 1. The quantitative estimate of drug-likeness (QED) is 0.412. The highest BCUT2D eigenvalue weighted by Gasteiger charge is 2.35. The van der Waals surface area contributed by atoms with E-state index in [1.165, 1.54) is 17.7 Å². The number of nitrogens with one attached hydrogen (secondary N) is 3. The summed E-state index contributed by atoms with van der Waals surface area (Å²) < 4.78 is 2.07. The maximum Gasteiger partial charge on any atom is 0.254 e. The molecule has 2 aromatic heterocycles. The molecule has 10 heteroatoms. The summed E-state index contributed by atoms with van der Waals surface area (Å²) >= 11 is 1.57. The van der Waals surface area contributed by atoms with Gasteiger partial charge in [-0.2, -0.15) is 0 Å². The highest BCUT2D eigenvalue weighted by atomic mass is 32.1. The van der Waals surface area contributed by atoms with Crippen molar-refractivity contribution in [3.63, 3.8) is 0 Å². The third kappa shape index (κ3) is 5.53. The first-order chi connectivity index (χ1) is 17.5. The van der Waals surface area contributed by atoms with Crippen molar-refractivity contribution in [1.82, 2.24) is 20.1 Å². The van der Waals surface area contributed by atoms with E-state index in [2.05, 4.69) is 42.6 Å². The summed E-state index contributed by atoms with van der Waals surface area (Å²) in [6, 6.07) is 0.116. The molecule has 5 rings (SSSR count). The number of anilines is 2. The highest BCUT2D eigenvalue weighted by molar-refractivity contribution is 7.17. The van der Waals surface area contributed by atoms with Crippen molar-refractivity contribution in [2.24, 2.45) is 16.8 Å². The number of carbonyl (C=O) groups excluding carboxylic acids is 2. The van der Waals surface area contributed by atoms with Crippen molar-refractivity contribution in [2.45, 2.75) is 71.3 Å². The second kappa shape index (κ2) is 10.5. The fraction of sp³-hybridized carbons (Fsp3) is 0.577. The molecule has 2 amide bonds. The first kappa shape index (κ1) is 24.7. The molecule has 0 bridgehead atoms. The molecule has 0 spiro atoms. The standard InChI is InChI=1S/C26H35N7O2S/c1-4-18(27-3)11-15(2)30-26-32-29-14-33(26)19-9-10-21-20(12-19)22(24(35)28-13-16-5-6-16)25(36-21)31-23(34)17-7-8-17/h11,14,16-17,19H,4-10,12-13H2,1-3H3,(H,28,35)(H,30,32)(H,31,34)/b15-11+,27-18-/t19-/m0/s1. The van der Waals surface area contributed by atoms with Gasteiger partial charge in [-0.25, -0.2) is 0 Å². The third-order valence-electron chi connectivity index (χ3n) is 7.20. The predicted molar refractivity (Wildman–Crippen MR) is 143 cm³/mol. The van der Waals surface area contributed by atoms with Crippen LogP contribution in [0.15, 0.2) is 23.1 Å². The van der Waals surface area contributed by atoms with E-state index in [0.29, 0.717) is 35.4 Å². The zero-order chi connectivity index (χ0) is 25.2. The van der Waals surface area contributed by atoms with Crippen LogP contribution in [-0.4, -0.2) is 45.9 Å². The minimum Gasteiger partial charge on any atom is -0.352 e. The molecule has 0 radical (unpaired) electrons. The van der Waals surface area contributed by atoms with Crippen LogP contribution in [0.2, 0.25) is 0 Å². The average Bonchev–Trinajstić information content (AvgIpc) is 3.80. The van der Waals surface area contributed by atoms with E-state index < -0.39 is 0 Å². The van der Waals surface area contributed by atoms with Gasteiger partial charge in [0.1, 0.15) is 11.3 Å².